The number of hydrogen-bond donors (Lipinski definition) is 2. The van der Waals surface area contributed by atoms with E-state index in [1.54, 1.807) is 6.20 Å². The SMILES string of the molecule is CCNC(=NCc1ccn[nH]1)N1CCN(C(C)C(=O)N2CCCC2)CC1. The summed E-state index contributed by atoms with van der Waals surface area (Å²) in [4.78, 5) is 23.9. The van der Waals surface area contributed by atoms with Crippen LogP contribution in [0.5, 0.6) is 0 Å². The molecule has 26 heavy (non-hydrogen) atoms. The van der Waals surface area contributed by atoms with Crippen molar-refractivity contribution in [2.75, 3.05) is 45.8 Å². The normalized spacial score (nSPS) is 20.5. The number of likely N-dealkylation sites (tertiary alicyclic amines) is 1. The molecule has 1 atom stereocenters. The largest absolute Gasteiger partial charge is 0.357 e. The number of nitrogens with one attached hydrogen (secondary N) is 2. The van der Waals surface area contributed by atoms with Gasteiger partial charge < -0.3 is 15.1 Å². The highest BCUT2D eigenvalue weighted by Gasteiger charge is 2.30. The molecule has 2 aliphatic heterocycles. The average Bonchev–Trinajstić information content (AvgIpc) is 3.38. The van der Waals surface area contributed by atoms with Crippen LogP contribution in [0, 0.1) is 0 Å². The Labute approximate surface area is 155 Å². The van der Waals surface area contributed by atoms with Crippen molar-refractivity contribution >= 4 is 11.9 Å². The molecule has 1 amide bonds. The van der Waals surface area contributed by atoms with Gasteiger partial charge in [-0.25, -0.2) is 4.99 Å². The van der Waals surface area contributed by atoms with E-state index in [1.807, 2.05) is 17.9 Å². The summed E-state index contributed by atoms with van der Waals surface area (Å²) in [5.41, 5.74) is 1.00. The molecule has 2 aliphatic rings. The number of aromatic nitrogens is 2. The predicted octanol–water partition coefficient (Wildman–Crippen LogP) is 0.504. The summed E-state index contributed by atoms with van der Waals surface area (Å²) in [7, 11) is 0. The molecule has 0 spiro atoms. The van der Waals surface area contributed by atoms with Crippen molar-refractivity contribution < 1.29 is 4.79 Å². The first kappa shape index (κ1) is 18.7. The van der Waals surface area contributed by atoms with Crippen LogP contribution in [0.1, 0.15) is 32.4 Å². The molecule has 2 saturated heterocycles. The van der Waals surface area contributed by atoms with E-state index in [9.17, 15) is 4.79 Å². The Morgan fingerprint density at radius 3 is 2.58 bits per heavy atom. The smallest absolute Gasteiger partial charge is 0.239 e. The molecule has 1 unspecified atom stereocenters. The number of aliphatic imine (C=N–C) groups is 1. The summed E-state index contributed by atoms with van der Waals surface area (Å²) in [5.74, 6) is 1.22. The number of carbonyl (C=O) groups is 1. The summed E-state index contributed by atoms with van der Waals surface area (Å²) >= 11 is 0. The predicted molar refractivity (Wildman–Crippen MR) is 102 cm³/mol. The molecule has 3 rings (SSSR count). The Bertz CT molecular complexity index is 587. The van der Waals surface area contributed by atoms with Crippen molar-refractivity contribution in [3.05, 3.63) is 18.0 Å². The lowest BCUT2D eigenvalue weighted by Gasteiger charge is -2.39. The highest BCUT2D eigenvalue weighted by atomic mass is 16.2. The van der Waals surface area contributed by atoms with Crippen LogP contribution in [0.15, 0.2) is 17.3 Å². The molecule has 8 heteroatoms. The Morgan fingerprint density at radius 2 is 1.96 bits per heavy atom. The quantitative estimate of drug-likeness (QED) is 0.590. The molecular formula is C18H31N7O. The average molecular weight is 361 g/mol. The fraction of sp³-hybridized carbons (Fsp3) is 0.722. The van der Waals surface area contributed by atoms with E-state index in [1.165, 1.54) is 0 Å². The van der Waals surface area contributed by atoms with Crippen LogP contribution >= 0.6 is 0 Å². The number of guanidine groups is 1. The summed E-state index contributed by atoms with van der Waals surface area (Å²) in [6.45, 7) is 10.9. The maximum atomic E-state index is 12.6. The first-order valence-corrected chi connectivity index (χ1v) is 9.73. The van der Waals surface area contributed by atoms with E-state index in [2.05, 4.69) is 32.2 Å². The monoisotopic (exact) mass is 361 g/mol. The number of piperazine rings is 1. The van der Waals surface area contributed by atoms with Gasteiger partial charge in [-0.3, -0.25) is 14.8 Å². The van der Waals surface area contributed by atoms with Crippen molar-refractivity contribution in [1.29, 1.82) is 0 Å². The standard InChI is InChI=1S/C18H31N7O/c1-3-19-18(20-14-16-6-7-21-22-16)25-12-10-23(11-13-25)15(2)17(26)24-8-4-5-9-24/h6-7,15H,3-5,8-14H2,1-2H3,(H,19,20)(H,21,22). The molecule has 8 nitrogen and oxygen atoms in total. The van der Waals surface area contributed by atoms with Gasteiger partial charge in [0.1, 0.15) is 0 Å². The van der Waals surface area contributed by atoms with E-state index in [-0.39, 0.29) is 11.9 Å². The van der Waals surface area contributed by atoms with Gasteiger partial charge in [0, 0.05) is 52.0 Å². The molecule has 2 N–H and O–H groups in total. The number of hydrogen-bond acceptors (Lipinski definition) is 4. The number of amides is 1. The van der Waals surface area contributed by atoms with Crippen molar-refractivity contribution in [3.63, 3.8) is 0 Å². The first-order valence-electron chi connectivity index (χ1n) is 9.73. The second-order valence-electron chi connectivity index (χ2n) is 6.98. The van der Waals surface area contributed by atoms with Gasteiger partial charge in [-0.15, -0.1) is 0 Å². The molecule has 0 bridgehead atoms. The molecule has 144 valence electrons. The number of aromatic amines is 1. The van der Waals surface area contributed by atoms with Crippen LogP contribution in [0.2, 0.25) is 0 Å². The van der Waals surface area contributed by atoms with Crippen molar-refractivity contribution in [1.82, 2.24) is 30.2 Å². The van der Waals surface area contributed by atoms with E-state index < -0.39 is 0 Å². The van der Waals surface area contributed by atoms with Crippen LogP contribution in [0.3, 0.4) is 0 Å². The lowest BCUT2D eigenvalue weighted by Crippen LogP contribution is -2.57. The highest BCUT2D eigenvalue weighted by Crippen LogP contribution is 2.14. The first-order chi connectivity index (χ1) is 12.7. The summed E-state index contributed by atoms with van der Waals surface area (Å²) in [6.07, 6.45) is 4.03. The molecule has 3 heterocycles. The minimum Gasteiger partial charge on any atom is -0.357 e. The topological polar surface area (TPSA) is 79.9 Å². The van der Waals surface area contributed by atoms with E-state index in [0.717, 1.165) is 70.3 Å². The Balaban J connectivity index is 1.53. The zero-order valence-electron chi connectivity index (χ0n) is 15.9. The number of H-pyrrole nitrogens is 1. The van der Waals surface area contributed by atoms with Crippen LogP contribution in [-0.2, 0) is 11.3 Å². The second-order valence-corrected chi connectivity index (χ2v) is 6.98. The van der Waals surface area contributed by atoms with Gasteiger partial charge in [-0.2, -0.15) is 5.10 Å². The van der Waals surface area contributed by atoms with E-state index in [4.69, 9.17) is 4.99 Å². The second kappa shape index (κ2) is 9.02. The molecule has 1 aromatic rings. The summed E-state index contributed by atoms with van der Waals surface area (Å²) in [6, 6.07) is 1.91. The maximum absolute atomic E-state index is 12.6. The fourth-order valence-corrected chi connectivity index (χ4v) is 3.64. The van der Waals surface area contributed by atoms with Crippen LogP contribution in [-0.4, -0.2) is 88.6 Å². The van der Waals surface area contributed by atoms with E-state index >= 15 is 0 Å². The third kappa shape index (κ3) is 4.55. The van der Waals surface area contributed by atoms with Crippen LogP contribution < -0.4 is 5.32 Å². The third-order valence-electron chi connectivity index (χ3n) is 5.23. The summed E-state index contributed by atoms with van der Waals surface area (Å²) < 4.78 is 0. The third-order valence-corrected chi connectivity index (χ3v) is 5.23. The van der Waals surface area contributed by atoms with Gasteiger partial charge in [0.15, 0.2) is 5.96 Å². The van der Waals surface area contributed by atoms with Gasteiger partial charge >= 0.3 is 0 Å². The number of nitrogens with zero attached hydrogens (tertiary/aromatic N) is 5. The molecule has 0 aliphatic carbocycles. The van der Waals surface area contributed by atoms with Crippen molar-refractivity contribution in [2.45, 2.75) is 39.3 Å². The van der Waals surface area contributed by atoms with Crippen molar-refractivity contribution in [2.24, 2.45) is 4.99 Å². The highest BCUT2D eigenvalue weighted by molar-refractivity contribution is 5.82. The minimum atomic E-state index is -0.0280. The van der Waals surface area contributed by atoms with Gasteiger partial charge in [0.25, 0.3) is 0 Å². The van der Waals surface area contributed by atoms with Crippen molar-refractivity contribution in [3.8, 4) is 0 Å². The maximum Gasteiger partial charge on any atom is 0.239 e. The van der Waals surface area contributed by atoms with Gasteiger partial charge in [0.05, 0.1) is 18.3 Å². The fourth-order valence-electron chi connectivity index (χ4n) is 3.64. The van der Waals surface area contributed by atoms with Gasteiger partial charge in [-0.05, 0) is 32.8 Å². The summed E-state index contributed by atoms with van der Waals surface area (Å²) in [5, 5.41) is 10.3. The Kier molecular flexibility index (Phi) is 6.49. The van der Waals surface area contributed by atoms with Gasteiger partial charge in [0.2, 0.25) is 5.91 Å². The molecule has 0 aromatic carbocycles. The van der Waals surface area contributed by atoms with E-state index in [0.29, 0.717) is 6.54 Å². The molecular weight excluding hydrogens is 330 g/mol. The zero-order chi connectivity index (χ0) is 18.4. The minimum absolute atomic E-state index is 0.0280. The molecule has 2 fully saturated rings. The van der Waals surface area contributed by atoms with Gasteiger partial charge in [-0.1, -0.05) is 0 Å². The van der Waals surface area contributed by atoms with Crippen LogP contribution in [0.25, 0.3) is 0 Å². The molecule has 1 aromatic heterocycles. The number of rotatable bonds is 5. The Hall–Kier alpha value is -2.09. The lowest BCUT2D eigenvalue weighted by atomic mass is 10.2. The number of carbonyl (C=O) groups excluding carboxylic acids is 1. The molecule has 0 radical (unpaired) electrons. The Morgan fingerprint density at radius 1 is 1.23 bits per heavy atom. The lowest BCUT2D eigenvalue weighted by molar-refractivity contribution is -0.135. The van der Waals surface area contributed by atoms with Crippen LogP contribution in [0.4, 0.5) is 0 Å². The molecule has 0 saturated carbocycles. The zero-order valence-corrected chi connectivity index (χ0v) is 15.9.